The van der Waals surface area contributed by atoms with Gasteiger partial charge in [-0.25, -0.2) is 12.8 Å². The number of para-hydroxylation sites is 1. The smallest absolute Gasteiger partial charge is 0.262 e. The number of benzene rings is 2. The molecule has 0 bridgehead atoms. The highest BCUT2D eigenvalue weighted by atomic mass is 35.5. The largest absolute Gasteiger partial charge is 0.397 e. The molecule has 0 atom stereocenters. The Hall–Kier alpha value is -2.84. The Kier molecular flexibility index (Phi) is 6.01. The van der Waals surface area contributed by atoms with E-state index >= 15 is 0 Å². The van der Waals surface area contributed by atoms with Gasteiger partial charge in [-0.3, -0.25) is 9.71 Å². The van der Waals surface area contributed by atoms with Crippen molar-refractivity contribution < 1.29 is 12.8 Å². The summed E-state index contributed by atoms with van der Waals surface area (Å²) < 4.78 is 40.8. The molecule has 0 unspecified atom stereocenters. The standard InChI is InChI=1S/C17H15FN4O2S.ClH/c18-14-4-1-2-5-16(14)21-25(23,24)13-6-7-17(15(19)12-13)22-10-3-8-20-9-11-22;/h1-12,21H,19H2;1H. The van der Waals surface area contributed by atoms with Crippen molar-refractivity contribution in [2.75, 3.05) is 15.4 Å². The van der Waals surface area contributed by atoms with Crippen molar-refractivity contribution in [1.29, 1.82) is 0 Å². The van der Waals surface area contributed by atoms with E-state index in [-0.39, 0.29) is 28.7 Å². The molecule has 136 valence electrons. The first-order chi connectivity index (χ1) is 12.0. The zero-order chi connectivity index (χ0) is 17.9. The summed E-state index contributed by atoms with van der Waals surface area (Å²) in [6.07, 6.45) is 8.36. The Labute approximate surface area is 157 Å². The van der Waals surface area contributed by atoms with Crippen LogP contribution in [0.5, 0.6) is 0 Å². The molecule has 0 amide bonds. The van der Waals surface area contributed by atoms with Crippen LogP contribution < -0.4 is 15.4 Å². The van der Waals surface area contributed by atoms with E-state index in [0.29, 0.717) is 5.69 Å². The molecule has 6 nitrogen and oxygen atoms in total. The number of hydrogen-bond donors (Lipinski definition) is 2. The van der Waals surface area contributed by atoms with Crippen LogP contribution in [0.15, 0.2) is 77.0 Å². The highest BCUT2D eigenvalue weighted by Gasteiger charge is 2.18. The summed E-state index contributed by atoms with van der Waals surface area (Å²) in [5.74, 6) is -0.657. The minimum Gasteiger partial charge on any atom is -0.397 e. The van der Waals surface area contributed by atoms with Gasteiger partial charge >= 0.3 is 0 Å². The van der Waals surface area contributed by atoms with Gasteiger partial charge in [0.25, 0.3) is 10.0 Å². The van der Waals surface area contributed by atoms with Gasteiger partial charge in [0.05, 0.1) is 22.0 Å². The van der Waals surface area contributed by atoms with E-state index in [1.807, 2.05) is 0 Å². The predicted octanol–water partition coefficient (Wildman–Crippen LogP) is 3.51. The maximum atomic E-state index is 13.7. The van der Waals surface area contributed by atoms with Gasteiger partial charge in [-0.05, 0) is 36.4 Å². The van der Waals surface area contributed by atoms with E-state index in [2.05, 4.69) is 9.71 Å². The van der Waals surface area contributed by atoms with Crippen LogP contribution in [0.1, 0.15) is 0 Å². The third-order valence-corrected chi connectivity index (χ3v) is 4.80. The second kappa shape index (κ2) is 8.03. The molecule has 0 saturated carbocycles. The molecule has 3 rings (SSSR count). The zero-order valence-electron chi connectivity index (χ0n) is 13.4. The maximum absolute atomic E-state index is 13.7. The lowest BCUT2D eigenvalue weighted by molar-refractivity contribution is 0.598. The molecule has 26 heavy (non-hydrogen) atoms. The highest BCUT2D eigenvalue weighted by Crippen LogP contribution is 2.28. The van der Waals surface area contributed by atoms with E-state index in [1.54, 1.807) is 47.9 Å². The maximum Gasteiger partial charge on any atom is 0.262 e. The quantitative estimate of drug-likeness (QED) is 0.777. The molecule has 0 fully saturated rings. The van der Waals surface area contributed by atoms with Gasteiger partial charge in [-0.15, -0.1) is 12.4 Å². The summed E-state index contributed by atoms with van der Waals surface area (Å²) in [5.41, 5.74) is 6.74. The monoisotopic (exact) mass is 394 g/mol. The number of hydrogen-bond acceptors (Lipinski definition) is 5. The second-order valence-corrected chi connectivity index (χ2v) is 6.83. The summed E-state index contributed by atoms with van der Waals surface area (Å²) in [7, 11) is -3.96. The van der Waals surface area contributed by atoms with Crippen LogP contribution in [0.2, 0.25) is 0 Å². The summed E-state index contributed by atoms with van der Waals surface area (Å²) in [6, 6.07) is 9.84. The van der Waals surface area contributed by atoms with Crippen LogP contribution in [0.3, 0.4) is 0 Å². The lowest BCUT2D eigenvalue weighted by atomic mass is 10.2. The number of aliphatic imine (C=N–C) groups is 1. The number of halogens is 2. The van der Waals surface area contributed by atoms with Gasteiger partial charge in [0.15, 0.2) is 0 Å². The fourth-order valence-electron chi connectivity index (χ4n) is 2.23. The van der Waals surface area contributed by atoms with Crippen molar-refractivity contribution in [2.45, 2.75) is 4.90 Å². The van der Waals surface area contributed by atoms with Crippen LogP contribution in [0, 0.1) is 5.82 Å². The number of nitrogens with two attached hydrogens (primary N) is 1. The lowest BCUT2D eigenvalue weighted by Crippen LogP contribution is -2.15. The molecular formula is C17H16ClFN4O2S. The summed E-state index contributed by atoms with van der Waals surface area (Å²) in [4.78, 5) is 5.62. The van der Waals surface area contributed by atoms with Gasteiger partial charge in [0.1, 0.15) is 5.82 Å². The molecule has 0 aromatic heterocycles. The normalized spacial score (nSPS) is 13.2. The fraction of sp³-hybridized carbons (Fsp3) is 0. The predicted molar refractivity (Wildman–Crippen MR) is 105 cm³/mol. The molecule has 1 heterocycles. The summed E-state index contributed by atoms with van der Waals surface area (Å²) in [5, 5.41) is 0. The first-order valence-electron chi connectivity index (χ1n) is 7.29. The molecule has 0 aliphatic carbocycles. The Balaban J connectivity index is 0.00000243. The molecule has 0 saturated heterocycles. The third-order valence-electron chi connectivity index (χ3n) is 3.44. The van der Waals surface area contributed by atoms with Crippen LogP contribution in [-0.4, -0.2) is 14.6 Å². The average molecular weight is 395 g/mol. The molecular weight excluding hydrogens is 379 g/mol. The van der Waals surface area contributed by atoms with Gasteiger partial charge in [0.2, 0.25) is 0 Å². The Morgan fingerprint density at radius 1 is 1.12 bits per heavy atom. The SMILES string of the molecule is Cl.Nc1cc(S(=O)(=O)Nc2ccccc2F)ccc1N1C=CC=NC=C1. The Morgan fingerprint density at radius 3 is 2.62 bits per heavy atom. The molecule has 3 N–H and O–H groups in total. The molecule has 9 heteroatoms. The number of allylic oxidation sites excluding steroid dienone is 1. The van der Waals surface area contributed by atoms with Crippen LogP contribution in [0.4, 0.5) is 21.5 Å². The number of anilines is 3. The minimum absolute atomic E-state index is 0. The van der Waals surface area contributed by atoms with Gasteiger partial charge in [-0.1, -0.05) is 12.1 Å². The van der Waals surface area contributed by atoms with Crippen molar-refractivity contribution in [2.24, 2.45) is 4.99 Å². The number of rotatable bonds is 4. The number of nitrogen functional groups attached to an aromatic ring is 1. The average Bonchev–Trinajstić information content (AvgIpc) is 2.86. The van der Waals surface area contributed by atoms with E-state index in [1.165, 1.54) is 30.3 Å². The van der Waals surface area contributed by atoms with E-state index in [9.17, 15) is 12.8 Å². The lowest BCUT2D eigenvalue weighted by Gasteiger charge is -2.18. The number of nitrogens with one attached hydrogen (secondary N) is 1. The minimum atomic E-state index is -3.96. The van der Waals surface area contributed by atoms with Crippen LogP contribution in [-0.2, 0) is 10.0 Å². The fourth-order valence-corrected chi connectivity index (χ4v) is 3.34. The van der Waals surface area contributed by atoms with Crippen molar-refractivity contribution in [3.63, 3.8) is 0 Å². The van der Waals surface area contributed by atoms with Gasteiger partial charge < -0.3 is 10.6 Å². The number of nitrogens with zero attached hydrogens (tertiary/aromatic N) is 2. The van der Waals surface area contributed by atoms with E-state index in [4.69, 9.17) is 5.73 Å². The summed E-state index contributed by atoms with van der Waals surface area (Å²) in [6.45, 7) is 0. The van der Waals surface area contributed by atoms with E-state index < -0.39 is 15.8 Å². The third kappa shape index (κ3) is 4.22. The molecule has 0 radical (unpaired) electrons. The number of sulfonamides is 1. The van der Waals surface area contributed by atoms with Crippen molar-refractivity contribution in [3.05, 3.63) is 73.0 Å². The molecule has 2 aromatic rings. The molecule has 1 aliphatic rings. The molecule has 2 aromatic carbocycles. The molecule has 1 aliphatic heterocycles. The first kappa shape index (κ1) is 19.5. The van der Waals surface area contributed by atoms with Crippen molar-refractivity contribution >= 4 is 45.7 Å². The topological polar surface area (TPSA) is 87.8 Å². The zero-order valence-corrected chi connectivity index (χ0v) is 15.0. The van der Waals surface area contributed by atoms with E-state index in [0.717, 1.165) is 0 Å². The second-order valence-electron chi connectivity index (χ2n) is 5.15. The highest BCUT2D eigenvalue weighted by molar-refractivity contribution is 7.92. The van der Waals surface area contributed by atoms with Crippen LogP contribution in [0.25, 0.3) is 0 Å². The van der Waals surface area contributed by atoms with Crippen LogP contribution >= 0.6 is 12.4 Å². The Morgan fingerprint density at radius 2 is 1.88 bits per heavy atom. The van der Waals surface area contributed by atoms with Crippen molar-refractivity contribution in [1.82, 2.24) is 0 Å². The van der Waals surface area contributed by atoms with Gasteiger partial charge in [-0.2, -0.15) is 0 Å². The summed E-state index contributed by atoms with van der Waals surface area (Å²) >= 11 is 0. The Bertz CT molecular complexity index is 974. The first-order valence-corrected chi connectivity index (χ1v) is 8.77. The molecule has 0 spiro atoms. The van der Waals surface area contributed by atoms with Gasteiger partial charge in [0, 0.05) is 24.8 Å². The van der Waals surface area contributed by atoms with Crippen molar-refractivity contribution in [3.8, 4) is 0 Å².